The highest BCUT2D eigenvalue weighted by atomic mass is 19.1. The average molecular weight is 466 g/mol. The summed E-state index contributed by atoms with van der Waals surface area (Å²) in [5.74, 6) is -0.903. The molecule has 1 fully saturated rings. The van der Waals surface area contributed by atoms with E-state index in [-0.39, 0.29) is 36.2 Å². The van der Waals surface area contributed by atoms with Gasteiger partial charge in [-0.2, -0.15) is 5.10 Å². The number of amides is 1. The lowest BCUT2D eigenvalue weighted by atomic mass is 9.95. The predicted octanol–water partition coefficient (Wildman–Crippen LogP) is 4.40. The zero-order valence-corrected chi connectivity index (χ0v) is 20.1. The molecule has 0 radical (unpaired) electrons. The van der Waals surface area contributed by atoms with Gasteiger partial charge in [0.25, 0.3) is 5.91 Å². The second-order valence-electron chi connectivity index (χ2n) is 9.20. The van der Waals surface area contributed by atoms with Crippen molar-refractivity contribution in [2.75, 3.05) is 26.2 Å². The molecular formula is C27H32FN3O3. The Labute approximate surface area is 200 Å². The SMILES string of the molecule is CCOC(=O)[C@H]1CCCN(CC(=O)N2N=C(c3cc(C)ccc3C)C[C@@H]2c2cccc(F)c2)C1. The van der Waals surface area contributed by atoms with Crippen molar-refractivity contribution in [3.05, 3.63) is 70.5 Å². The van der Waals surface area contributed by atoms with Crippen molar-refractivity contribution in [1.29, 1.82) is 0 Å². The fourth-order valence-electron chi connectivity index (χ4n) is 4.84. The number of carbonyl (C=O) groups excluding carboxylic acids is 2. The molecule has 2 heterocycles. The van der Waals surface area contributed by atoms with Crippen LogP contribution in [0.15, 0.2) is 47.6 Å². The minimum absolute atomic E-state index is 0.154. The second-order valence-corrected chi connectivity index (χ2v) is 9.20. The molecule has 2 aliphatic rings. The summed E-state index contributed by atoms with van der Waals surface area (Å²) in [6.45, 7) is 7.61. The Hall–Kier alpha value is -3.06. The molecule has 1 amide bonds. The summed E-state index contributed by atoms with van der Waals surface area (Å²) in [6.07, 6.45) is 2.13. The molecule has 0 aromatic heterocycles. The molecule has 0 bridgehead atoms. The third kappa shape index (κ3) is 5.36. The predicted molar refractivity (Wildman–Crippen MR) is 129 cm³/mol. The smallest absolute Gasteiger partial charge is 0.310 e. The molecule has 6 nitrogen and oxygen atoms in total. The summed E-state index contributed by atoms with van der Waals surface area (Å²) in [5, 5.41) is 6.27. The van der Waals surface area contributed by atoms with Gasteiger partial charge in [0.2, 0.25) is 0 Å². The summed E-state index contributed by atoms with van der Waals surface area (Å²) in [4.78, 5) is 27.7. The number of halogens is 1. The van der Waals surface area contributed by atoms with Gasteiger partial charge in [0.15, 0.2) is 0 Å². The van der Waals surface area contributed by atoms with E-state index in [0.29, 0.717) is 19.6 Å². The fraction of sp³-hybridized carbons (Fsp3) is 0.444. The Morgan fingerprint density at radius 3 is 2.76 bits per heavy atom. The number of benzene rings is 2. The maximum absolute atomic E-state index is 14.0. The van der Waals surface area contributed by atoms with Gasteiger partial charge in [0.05, 0.1) is 30.8 Å². The van der Waals surface area contributed by atoms with Crippen LogP contribution in [0, 0.1) is 25.6 Å². The van der Waals surface area contributed by atoms with Gasteiger partial charge >= 0.3 is 5.97 Å². The Kier molecular flexibility index (Phi) is 7.41. The Bertz CT molecular complexity index is 1100. The third-order valence-corrected chi connectivity index (χ3v) is 6.59. The van der Waals surface area contributed by atoms with Crippen LogP contribution in [-0.2, 0) is 14.3 Å². The van der Waals surface area contributed by atoms with Crippen LogP contribution in [0.1, 0.15) is 54.5 Å². The van der Waals surface area contributed by atoms with E-state index in [2.05, 4.69) is 18.2 Å². The summed E-state index contributed by atoms with van der Waals surface area (Å²) in [5.41, 5.74) is 4.77. The first-order valence-corrected chi connectivity index (χ1v) is 12.0. The first kappa shape index (κ1) is 24.1. The van der Waals surface area contributed by atoms with E-state index in [0.717, 1.165) is 47.4 Å². The molecule has 0 N–H and O–H groups in total. The van der Waals surface area contributed by atoms with Gasteiger partial charge in [-0.05, 0) is 69.5 Å². The Balaban J connectivity index is 1.57. The number of piperidine rings is 1. The summed E-state index contributed by atoms with van der Waals surface area (Å²) >= 11 is 0. The van der Waals surface area contributed by atoms with Crippen LogP contribution < -0.4 is 0 Å². The molecule has 2 atom stereocenters. The second kappa shape index (κ2) is 10.5. The van der Waals surface area contributed by atoms with Crippen molar-refractivity contribution < 1.29 is 18.7 Å². The van der Waals surface area contributed by atoms with E-state index in [1.807, 2.05) is 24.8 Å². The quantitative estimate of drug-likeness (QED) is 0.594. The summed E-state index contributed by atoms with van der Waals surface area (Å²) in [7, 11) is 0. The molecule has 0 aliphatic carbocycles. The highest BCUT2D eigenvalue weighted by molar-refractivity contribution is 6.04. The fourth-order valence-corrected chi connectivity index (χ4v) is 4.84. The zero-order valence-electron chi connectivity index (χ0n) is 20.1. The van der Waals surface area contributed by atoms with Crippen LogP contribution in [0.5, 0.6) is 0 Å². The van der Waals surface area contributed by atoms with Crippen LogP contribution in [-0.4, -0.2) is 53.7 Å². The van der Waals surface area contributed by atoms with Crippen LogP contribution in [0.25, 0.3) is 0 Å². The number of hydrogen-bond acceptors (Lipinski definition) is 5. The van der Waals surface area contributed by atoms with Gasteiger partial charge in [0.1, 0.15) is 5.82 Å². The summed E-state index contributed by atoms with van der Waals surface area (Å²) < 4.78 is 19.2. The minimum Gasteiger partial charge on any atom is -0.466 e. The van der Waals surface area contributed by atoms with Gasteiger partial charge < -0.3 is 4.74 Å². The summed E-state index contributed by atoms with van der Waals surface area (Å²) in [6, 6.07) is 12.2. The zero-order chi connectivity index (χ0) is 24.2. The van der Waals surface area contributed by atoms with E-state index in [4.69, 9.17) is 9.84 Å². The van der Waals surface area contributed by atoms with Crippen LogP contribution in [0.2, 0.25) is 0 Å². The third-order valence-electron chi connectivity index (χ3n) is 6.59. The van der Waals surface area contributed by atoms with Crippen LogP contribution >= 0.6 is 0 Å². The van der Waals surface area contributed by atoms with Gasteiger partial charge in [-0.1, -0.05) is 29.8 Å². The van der Waals surface area contributed by atoms with E-state index >= 15 is 0 Å². The highest BCUT2D eigenvalue weighted by Crippen LogP contribution is 2.34. The largest absolute Gasteiger partial charge is 0.466 e. The van der Waals surface area contributed by atoms with Crippen molar-refractivity contribution in [1.82, 2.24) is 9.91 Å². The molecular weight excluding hydrogens is 433 g/mol. The first-order valence-electron chi connectivity index (χ1n) is 12.0. The number of ether oxygens (including phenoxy) is 1. The molecule has 0 saturated carbocycles. The number of hydrogen-bond donors (Lipinski definition) is 0. The lowest BCUT2D eigenvalue weighted by Crippen LogP contribution is -2.44. The number of rotatable bonds is 6. The Morgan fingerprint density at radius 2 is 2.00 bits per heavy atom. The van der Waals surface area contributed by atoms with E-state index in [1.165, 1.54) is 17.1 Å². The van der Waals surface area contributed by atoms with Crippen molar-refractivity contribution in [2.24, 2.45) is 11.0 Å². The van der Waals surface area contributed by atoms with Crippen LogP contribution in [0.3, 0.4) is 0 Å². The van der Waals surface area contributed by atoms with E-state index in [9.17, 15) is 14.0 Å². The normalized spacial score (nSPS) is 20.8. The molecule has 2 aliphatic heterocycles. The molecule has 4 rings (SSSR count). The molecule has 2 aromatic rings. The molecule has 34 heavy (non-hydrogen) atoms. The molecule has 0 spiro atoms. The Morgan fingerprint density at radius 1 is 1.18 bits per heavy atom. The standard InChI is InChI=1S/C27H32FN3O3/c1-4-34-27(33)21-8-6-12-30(16-21)17-26(32)31-25(20-7-5-9-22(28)14-20)15-24(29-31)23-13-18(2)10-11-19(23)3/h5,7,9-11,13-14,21,25H,4,6,8,12,15-17H2,1-3H3/t21-,25+/m0/s1. The van der Waals surface area contributed by atoms with Gasteiger partial charge in [-0.3, -0.25) is 14.5 Å². The van der Waals surface area contributed by atoms with Gasteiger partial charge in [0, 0.05) is 18.5 Å². The monoisotopic (exact) mass is 465 g/mol. The number of esters is 1. The number of carbonyl (C=O) groups is 2. The molecule has 0 unspecified atom stereocenters. The minimum atomic E-state index is -0.372. The van der Waals surface area contributed by atoms with Gasteiger partial charge in [-0.15, -0.1) is 0 Å². The van der Waals surface area contributed by atoms with Crippen molar-refractivity contribution in [2.45, 2.75) is 46.1 Å². The average Bonchev–Trinajstić information content (AvgIpc) is 3.26. The molecule has 7 heteroatoms. The van der Waals surface area contributed by atoms with Crippen molar-refractivity contribution >= 4 is 17.6 Å². The highest BCUT2D eigenvalue weighted by Gasteiger charge is 2.35. The topological polar surface area (TPSA) is 62.2 Å². The first-order chi connectivity index (χ1) is 16.4. The maximum atomic E-state index is 14.0. The number of aryl methyl sites for hydroxylation is 2. The lowest BCUT2D eigenvalue weighted by Gasteiger charge is -2.32. The van der Waals surface area contributed by atoms with E-state index < -0.39 is 0 Å². The molecule has 2 aromatic carbocycles. The van der Waals surface area contributed by atoms with Crippen molar-refractivity contribution in [3.8, 4) is 0 Å². The molecule has 180 valence electrons. The van der Waals surface area contributed by atoms with Gasteiger partial charge in [-0.25, -0.2) is 9.40 Å². The van der Waals surface area contributed by atoms with Crippen LogP contribution in [0.4, 0.5) is 4.39 Å². The maximum Gasteiger partial charge on any atom is 0.310 e. The number of nitrogens with zero attached hydrogens (tertiary/aromatic N) is 3. The van der Waals surface area contributed by atoms with E-state index in [1.54, 1.807) is 13.0 Å². The number of hydrazone groups is 1. The van der Waals surface area contributed by atoms with Crippen molar-refractivity contribution in [3.63, 3.8) is 0 Å². The number of likely N-dealkylation sites (tertiary alicyclic amines) is 1. The lowest BCUT2D eigenvalue weighted by molar-refractivity contribution is -0.150. The molecule has 1 saturated heterocycles.